The third kappa shape index (κ3) is 3.28. The normalized spacial score (nSPS) is 9.77. The number of benzene rings is 1. The molecular formula is C9H10ClNOS. The van der Waals surface area contributed by atoms with Crippen LogP contribution in [-0.2, 0) is 4.79 Å². The van der Waals surface area contributed by atoms with Gasteiger partial charge in [-0.15, -0.1) is 11.8 Å². The zero-order chi connectivity index (χ0) is 9.84. The lowest BCUT2D eigenvalue weighted by Crippen LogP contribution is -2.05. The summed E-state index contributed by atoms with van der Waals surface area (Å²) in [6, 6.07) is 5.47. The number of hydrogen-bond donors (Lipinski definition) is 1. The molecule has 13 heavy (non-hydrogen) atoms. The van der Waals surface area contributed by atoms with Gasteiger partial charge in [-0.1, -0.05) is 11.6 Å². The van der Waals surface area contributed by atoms with E-state index in [0.29, 0.717) is 5.02 Å². The minimum Gasteiger partial charge on any atom is -0.326 e. The Morgan fingerprint density at radius 2 is 2.15 bits per heavy atom. The highest BCUT2D eigenvalue weighted by atomic mass is 35.5. The minimum absolute atomic E-state index is 0.0886. The summed E-state index contributed by atoms with van der Waals surface area (Å²) in [5.74, 6) is -0.0886. The minimum atomic E-state index is -0.0886. The predicted molar refractivity (Wildman–Crippen MR) is 57.5 cm³/mol. The van der Waals surface area contributed by atoms with E-state index in [0.717, 1.165) is 10.6 Å². The SMILES string of the molecule is CSc1cc(Cl)cc(NC(C)=O)c1. The molecule has 0 aliphatic heterocycles. The van der Waals surface area contributed by atoms with Crippen molar-refractivity contribution < 1.29 is 4.79 Å². The van der Waals surface area contributed by atoms with E-state index in [1.807, 2.05) is 18.4 Å². The number of nitrogens with one attached hydrogen (secondary N) is 1. The number of carbonyl (C=O) groups is 1. The molecule has 0 saturated heterocycles. The molecule has 1 amide bonds. The quantitative estimate of drug-likeness (QED) is 0.769. The van der Waals surface area contributed by atoms with Crippen LogP contribution >= 0.6 is 23.4 Å². The second kappa shape index (κ2) is 4.53. The summed E-state index contributed by atoms with van der Waals surface area (Å²) >= 11 is 7.44. The number of rotatable bonds is 2. The number of halogens is 1. The summed E-state index contributed by atoms with van der Waals surface area (Å²) in [4.78, 5) is 11.8. The maximum Gasteiger partial charge on any atom is 0.221 e. The maximum absolute atomic E-state index is 10.8. The highest BCUT2D eigenvalue weighted by Crippen LogP contribution is 2.24. The Kier molecular flexibility index (Phi) is 3.63. The number of anilines is 1. The van der Waals surface area contributed by atoms with E-state index in [2.05, 4.69) is 5.32 Å². The fraction of sp³-hybridized carbons (Fsp3) is 0.222. The second-order valence-corrected chi connectivity index (χ2v) is 3.88. The molecule has 0 radical (unpaired) electrons. The van der Waals surface area contributed by atoms with Crippen LogP contribution in [0.5, 0.6) is 0 Å². The van der Waals surface area contributed by atoms with E-state index in [1.165, 1.54) is 6.92 Å². The zero-order valence-electron chi connectivity index (χ0n) is 7.43. The van der Waals surface area contributed by atoms with E-state index >= 15 is 0 Å². The second-order valence-electron chi connectivity index (χ2n) is 2.56. The third-order valence-corrected chi connectivity index (χ3v) is 2.35. The highest BCUT2D eigenvalue weighted by Gasteiger charge is 1.99. The van der Waals surface area contributed by atoms with Gasteiger partial charge in [-0.3, -0.25) is 4.79 Å². The molecular weight excluding hydrogens is 206 g/mol. The van der Waals surface area contributed by atoms with Crippen molar-refractivity contribution >= 4 is 35.0 Å². The Hall–Kier alpha value is -0.670. The molecule has 1 aromatic carbocycles. The van der Waals surface area contributed by atoms with Crippen LogP contribution in [0.1, 0.15) is 6.92 Å². The number of thioether (sulfide) groups is 1. The molecule has 0 saturated carbocycles. The molecule has 1 rings (SSSR count). The molecule has 1 N–H and O–H groups in total. The van der Waals surface area contributed by atoms with Crippen LogP contribution in [0.4, 0.5) is 5.69 Å². The predicted octanol–water partition coefficient (Wildman–Crippen LogP) is 3.02. The number of amides is 1. The summed E-state index contributed by atoms with van der Waals surface area (Å²) in [6.07, 6.45) is 1.96. The van der Waals surface area contributed by atoms with Crippen LogP contribution in [0.25, 0.3) is 0 Å². The lowest BCUT2D eigenvalue weighted by Gasteiger charge is -2.04. The molecule has 0 heterocycles. The molecule has 0 spiro atoms. The summed E-state index contributed by atoms with van der Waals surface area (Å²) in [6.45, 7) is 1.47. The first-order valence-corrected chi connectivity index (χ1v) is 5.34. The van der Waals surface area contributed by atoms with E-state index in [4.69, 9.17) is 11.6 Å². The molecule has 4 heteroatoms. The Morgan fingerprint density at radius 1 is 1.46 bits per heavy atom. The molecule has 1 aromatic rings. The number of carbonyl (C=O) groups excluding carboxylic acids is 1. The smallest absolute Gasteiger partial charge is 0.221 e. The first-order chi connectivity index (χ1) is 6.11. The number of hydrogen-bond acceptors (Lipinski definition) is 2. The van der Waals surface area contributed by atoms with Gasteiger partial charge in [-0.25, -0.2) is 0 Å². The Bertz CT molecular complexity index is 327. The third-order valence-electron chi connectivity index (χ3n) is 1.43. The summed E-state index contributed by atoms with van der Waals surface area (Å²) in [5, 5.41) is 3.32. The van der Waals surface area contributed by atoms with Gasteiger partial charge in [0.1, 0.15) is 0 Å². The summed E-state index contributed by atoms with van der Waals surface area (Å²) in [5.41, 5.74) is 0.740. The van der Waals surface area contributed by atoms with Crippen LogP contribution in [-0.4, -0.2) is 12.2 Å². The van der Waals surface area contributed by atoms with E-state index in [1.54, 1.807) is 17.8 Å². The van der Waals surface area contributed by atoms with Crippen LogP contribution in [0.3, 0.4) is 0 Å². The lowest BCUT2D eigenvalue weighted by molar-refractivity contribution is -0.114. The van der Waals surface area contributed by atoms with Crippen molar-refractivity contribution in [2.75, 3.05) is 11.6 Å². The van der Waals surface area contributed by atoms with Crippen LogP contribution in [0.2, 0.25) is 5.02 Å². The molecule has 0 fully saturated rings. The average molecular weight is 216 g/mol. The first-order valence-electron chi connectivity index (χ1n) is 3.74. The molecule has 0 aliphatic carbocycles. The lowest BCUT2D eigenvalue weighted by atomic mass is 10.3. The van der Waals surface area contributed by atoms with Gasteiger partial charge in [0.2, 0.25) is 5.91 Å². The van der Waals surface area contributed by atoms with Crippen LogP contribution < -0.4 is 5.32 Å². The van der Waals surface area contributed by atoms with Crippen molar-refractivity contribution in [3.63, 3.8) is 0 Å². The molecule has 0 bridgehead atoms. The van der Waals surface area contributed by atoms with E-state index < -0.39 is 0 Å². The van der Waals surface area contributed by atoms with Gasteiger partial charge in [-0.2, -0.15) is 0 Å². The van der Waals surface area contributed by atoms with Crippen molar-refractivity contribution in [2.24, 2.45) is 0 Å². The summed E-state index contributed by atoms with van der Waals surface area (Å²) in [7, 11) is 0. The van der Waals surface area contributed by atoms with Crippen molar-refractivity contribution in [2.45, 2.75) is 11.8 Å². The Labute approximate surface area is 86.7 Å². The van der Waals surface area contributed by atoms with Gasteiger partial charge in [0, 0.05) is 22.5 Å². The van der Waals surface area contributed by atoms with Crippen LogP contribution in [0.15, 0.2) is 23.1 Å². The molecule has 70 valence electrons. The van der Waals surface area contributed by atoms with Gasteiger partial charge in [0.25, 0.3) is 0 Å². The zero-order valence-corrected chi connectivity index (χ0v) is 9.00. The first kappa shape index (κ1) is 10.4. The monoisotopic (exact) mass is 215 g/mol. The Balaban J connectivity index is 2.94. The molecule has 0 atom stereocenters. The average Bonchev–Trinajstić information content (AvgIpc) is 2.01. The van der Waals surface area contributed by atoms with Crippen molar-refractivity contribution in [1.29, 1.82) is 0 Å². The summed E-state index contributed by atoms with van der Waals surface area (Å²) < 4.78 is 0. The molecule has 0 aliphatic rings. The van der Waals surface area contributed by atoms with Gasteiger partial charge in [-0.05, 0) is 24.5 Å². The van der Waals surface area contributed by atoms with Crippen LogP contribution in [0, 0.1) is 0 Å². The van der Waals surface area contributed by atoms with E-state index in [-0.39, 0.29) is 5.91 Å². The standard InChI is InChI=1S/C9H10ClNOS/c1-6(12)11-8-3-7(10)4-9(5-8)13-2/h3-5H,1-2H3,(H,11,12). The van der Waals surface area contributed by atoms with Crippen molar-refractivity contribution in [3.8, 4) is 0 Å². The molecule has 0 unspecified atom stereocenters. The Morgan fingerprint density at radius 3 is 2.69 bits per heavy atom. The van der Waals surface area contributed by atoms with Crippen molar-refractivity contribution in [1.82, 2.24) is 0 Å². The van der Waals surface area contributed by atoms with Gasteiger partial charge >= 0.3 is 0 Å². The van der Waals surface area contributed by atoms with Gasteiger partial charge in [0.05, 0.1) is 0 Å². The van der Waals surface area contributed by atoms with Gasteiger partial charge < -0.3 is 5.32 Å². The maximum atomic E-state index is 10.8. The molecule has 0 aromatic heterocycles. The fourth-order valence-electron chi connectivity index (χ4n) is 0.956. The topological polar surface area (TPSA) is 29.1 Å². The van der Waals surface area contributed by atoms with E-state index in [9.17, 15) is 4.79 Å². The van der Waals surface area contributed by atoms with Crippen molar-refractivity contribution in [3.05, 3.63) is 23.2 Å². The molecule has 2 nitrogen and oxygen atoms in total. The fourth-order valence-corrected chi connectivity index (χ4v) is 1.75. The highest BCUT2D eigenvalue weighted by molar-refractivity contribution is 7.98. The largest absolute Gasteiger partial charge is 0.326 e. The van der Waals surface area contributed by atoms with Gasteiger partial charge in [0.15, 0.2) is 0 Å².